The molecule has 0 fully saturated rings. The second kappa shape index (κ2) is 7.75. The van der Waals surface area contributed by atoms with E-state index in [1.54, 1.807) is 5.32 Å². The van der Waals surface area contributed by atoms with Gasteiger partial charge in [0, 0.05) is 13.7 Å². The van der Waals surface area contributed by atoms with Crippen LogP contribution in [0.25, 0.3) is 0 Å². The second-order valence-corrected chi connectivity index (χ2v) is 3.45. The molecule has 6 nitrogen and oxygen atoms in total. The summed E-state index contributed by atoms with van der Waals surface area (Å²) in [4.78, 5) is 22.3. The van der Waals surface area contributed by atoms with Crippen LogP contribution in [-0.4, -0.2) is 51.0 Å². The Balaban J connectivity index is 3.88. The van der Waals surface area contributed by atoms with E-state index in [1.165, 1.54) is 14.0 Å². The van der Waals surface area contributed by atoms with E-state index in [2.05, 4.69) is 15.4 Å². The van der Waals surface area contributed by atoms with E-state index >= 15 is 0 Å². The molecule has 0 aliphatic carbocycles. The molecule has 0 rings (SSSR count). The minimum Gasteiger partial charge on any atom is -0.383 e. The topological polar surface area (TPSA) is 79.5 Å². The van der Waals surface area contributed by atoms with Crippen LogP contribution >= 0.6 is 0 Å². The third kappa shape index (κ3) is 8.62. The molecule has 106 valence electrons. The summed E-state index contributed by atoms with van der Waals surface area (Å²) in [5.41, 5.74) is 0. The van der Waals surface area contributed by atoms with Gasteiger partial charge in [0.05, 0.1) is 6.61 Å². The molecule has 0 aromatic rings. The standard InChI is InChI=1S/C9H16F3N3O3/c1-6(7(16)13-3-4-18-2)15-8(17)14-5-9(10,11)12/h6H,3-5H2,1-2H3,(H,13,16)(H2,14,15,17). The Morgan fingerprint density at radius 3 is 2.39 bits per heavy atom. The maximum Gasteiger partial charge on any atom is 0.405 e. The molecule has 9 heteroatoms. The second-order valence-electron chi connectivity index (χ2n) is 3.45. The molecule has 0 radical (unpaired) electrons. The molecule has 1 unspecified atom stereocenters. The summed E-state index contributed by atoms with van der Waals surface area (Å²) in [6, 6.07) is -1.99. The average Bonchev–Trinajstić information content (AvgIpc) is 2.25. The number of amides is 3. The van der Waals surface area contributed by atoms with Crippen molar-refractivity contribution in [2.45, 2.75) is 19.1 Å². The first kappa shape index (κ1) is 16.5. The van der Waals surface area contributed by atoms with Crippen LogP contribution in [-0.2, 0) is 9.53 Å². The van der Waals surface area contributed by atoms with E-state index in [0.29, 0.717) is 6.61 Å². The van der Waals surface area contributed by atoms with Crippen molar-refractivity contribution < 1.29 is 27.5 Å². The van der Waals surface area contributed by atoms with E-state index in [-0.39, 0.29) is 6.54 Å². The Hall–Kier alpha value is -1.51. The predicted octanol–water partition coefficient (Wildman–Crippen LogP) is -0.00100. The number of ether oxygens (including phenoxy) is 1. The van der Waals surface area contributed by atoms with Crippen LogP contribution in [0.2, 0.25) is 0 Å². The minimum atomic E-state index is -4.48. The Labute approximate surface area is 102 Å². The van der Waals surface area contributed by atoms with E-state index < -0.39 is 30.7 Å². The van der Waals surface area contributed by atoms with Crippen LogP contribution in [0.15, 0.2) is 0 Å². The number of rotatable bonds is 6. The summed E-state index contributed by atoms with van der Waals surface area (Å²) < 4.78 is 40.0. The highest BCUT2D eigenvalue weighted by atomic mass is 19.4. The number of hydrogen-bond acceptors (Lipinski definition) is 3. The van der Waals surface area contributed by atoms with E-state index in [4.69, 9.17) is 0 Å². The molecular weight excluding hydrogens is 255 g/mol. The molecule has 0 spiro atoms. The van der Waals surface area contributed by atoms with Gasteiger partial charge in [0.1, 0.15) is 12.6 Å². The smallest absolute Gasteiger partial charge is 0.383 e. The molecule has 0 bridgehead atoms. The molecule has 0 aliphatic rings. The van der Waals surface area contributed by atoms with Gasteiger partial charge in [-0.25, -0.2) is 4.79 Å². The molecule has 3 amide bonds. The lowest BCUT2D eigenvalue weighted by molar-refractivity contribution is -0.123. The lowest BCUT2D eigenvalue weighted by Gasteiger charge is -2.15. The largest absolute Gasteiger partial charge is 0.405 e. The third-order valence-corrected chi connectivity index (χ3v) is 1.80. The highest BCUT2D eigenvalue weighted by Gasteiger charge is 2.28. The van der Waals surface area contributed by atoms with Crippen molar-refractivity contribution in [3.8, 4) is 0 Å². The summed E-state index contributed by atoms with van der Waals surface area (Å²) in [6.07, 6.45) is -4.48. The van der Waals surface area contributed by atoms with Crippen LogP contribution in [0.4, 0.5) is 18.0 Å². The molecule has 3 N–H and O–H groups in total. The van der Waals surface area contributed by atoms with Gasteiger partial charge in [-0.15, -0.1) is 0 Å². The van der Waals surface area contributed by atoms with Gasteiger partial charge in [0.25, 0.3) is 0 Å². The molecule has 0 aromatic carbocycles. The van der Waals surface area contributed by atoms with Gasteiger partial charge in [-0.2, -0.15) is 13.2 Å². The van der Waals surface area contributed by atoms with Crippen LogP contribution in [0.3, 0.4) is 0 Å². The van der Waals surface area contributed by atoms with Crippen molar-refractivity contribution in [3.63, 3.8) is 0 Å². The van der Waals surface area contributed by atoms with Crippen molar-refractivity contribution >= 4 is 11.9 Å². The van der Waals surface area contributed by atoms with E-state index in [9.17, 15) is 22.8 Å². The van der Waals surface area contributed by atoms with Crippen LogP contribution in [0.1, 0.15) is 6.92 Å². The predicted molar refractivity (Wildman–Crippen MR) is 56.9 cm³/mol. The minimum absolute atomic E-state index is 0.255. The highest BCUT2D eigenvalue weighted by molar-refractivity contribution is 5.86. The number of methoxy groups -OCH3 is 1. The fraction of sp³-hybridized carbons (Fsp3) is 0.778. The van der Waals surface area contributed by atoms with E-state index in [1.807, 2.05) is 0 Å². The number of urea groups is 1. The average molecular weight is 271 g/mol. The molecule has 0 saturated carbocycles. The van der Waals surface area contributed by atoms with Gasteiger partial charge < -0.3 is 20.7 Å². The first-order valence-corrected chi connectivity index (χ1v) is 5.14. The summed E-state index contributed by atoms with van der Waals surface area (Å²) in [6.45, 7) is 0.469. The zero-order valence-corrected chi connectivity index (χ0v) is 10.1. The maximum absolute atomic E-state index is 11.8. The van der Waals surface area contributed by atoms with Gasteiger partial charge in [-0.1, -0.05) is 0 Å². The number of carbonyl (C=O) groups is 2. The third-order valence-electron chi connectivity index (χ3n) is 1.80. The molecule has 0 aliphatic heterocycles. The monoisotopic (exact) mass is 271 g/mol. The van der Waals surface area contributed by atoms with Crippen LogP contribution < -0.4 is 16.0 Å². The molecule has 0 aromatic heterocycles. The van der Waals surface area contributed by atoms with Crippen molar-refractivity contribution in [1.82, 2.24) is 16.0 Å². The molecule has 0 heterocycles. The highest BCUT2D eigenvalue weighted by Crippen LogP contribution is 2.11. The number of nitrogens with one attached hydrogen (secondary N) is 3. The SMILES string of the molecule is COCCNC(=O)C(C)NC(=O)NCC(F)(F)F. The normalized spacial score (nSPS) is 12.7. The fourth-order valence-corrected chi connectivity index (χ4v) is 0.923. The van der Waals surface area contributed by atoms with E-state index in [0.717, 1.165) is 0 Å². The van der Waals surface area contributed by atoms with Gasteiger partial charge in [-0.3, -0.25) is 4.79 Å². The Kier molecular flexibility index (Phi) is 7.10. The first-order valence-electron chi connectivity index (χ1n) is 5.14. The number of alkyl halides is 3. The lowest BCUT2D eigenvalue weighted by atomic mass is 10.3. The Bertz CT molecular complexity index is 284. The summed E-state index contributed by atoms with van der Waals surface area (Å²) in [7, 11) is 1.46. The number of hydrogen-bond donors (Lipinski definition) is 3. The fourth-order valence-electron chi connectivity index (χ4n) is 0.923. The molecule has 18 heavy (non-hydrogen) atoms. The Morgan fingerprint density at radius 1 is 1.28 bits per heavy atom. The van der Waals surface area contributed by atoms with Gasteiger partial charge in [0.2, 0.25) is 5.91 Å². The van der Waals surface area contributed by atoms with Gasteiger partial charge in [0.15, 0.2) is 0 Å². The van der Waals surface area contributed by atoms with Crippen LogP contribution in [0, 0.1) is 0 Å². The zero-order valence-electron chi connectivity index (χ0n) is 10.1. The Morgan fingerprint density at radius 2 is 1.89 bits per heavy atom. The summed E-state index contributed by atoms with van der Waals surface area (Å²) >= 11 is 0. The van der Waals surface area contributed by atoms with Crippen molar-refractivity contribution in [2.24, 2.45) is 0 Å². The summed E-state index contributed by atoms with van der Waals surface area (Å²) in [5, 5.41) is 6.10. The number of carbonyl (C=O) groups excluding carboxylic acids is 2. The van der Waals surface area contributed by atoms with Crippen molar-refractivity contribution in [2.75, 3.05) is 26.8 Å². The quantitative estimate of drug-likeness (QED) is 0.595. The lowest BCUT2D eigenvalue weighted by Crippen LogP contribution is -2.50. The van der Waals surface area contributed by atoms with Gasteiger partial charge in [-0.05, 0) is 6.92 Å². The zero-order chi connectivity index (χ0) is 14.2. The summed E-state index contributed by atoms with van der Waals surface area (Å²) in [5.74, 6) is -0.505. The maximum atomic E-state index is 11.8. The number of halogens is 3. The molecular formula is C9H16F3N3O3. The van der Waals surface area contributed by atoms with Gasteiger partial charge >= 0.3 is 12.2 Å². The first-order chi connectivity index (χ1) is 8.26. The van der Waals surface area contributed by atoms with Crippen molar-refractivity contribution in [1.29, 1.82) is 0 Å². The molecule has 1 atom stereocenters. The van der Waals surface area contributed by atoms with Crippen LogP contribution in [0.5, 0.6) is 0 Å². The van der Waals surface area contributed by atoms with Crippen molar-refractivity contribution in [3.05, 3.63) is 0 Å². The molecule has 0 saturated heterocycles.